The normalized spacial score (nSPS) is 10.3. The third-order valence-electron chi connectivity index (χ3n) is 3.34. The smallest absolute Gasteiger partial charge is 0.266 e. The van der Waals surface area contributed by atoms with Gasteiger partial charge in [0, 0.05) is 6.54 Å². The van der Waals surface area contributed by atoms with Gasteiger partial charge in [0.05, 0.1) is 16.8 Å². The molecule has 0 bridgehead atoms. The maximum Gasteiger partial charge on any atom is 0.266 e. The van der Waals surface area contributed by atoms with Crippen molar-refractivity contribution in [3.05, 3.63) is 76.6 Å². The molecule has 0 atom stereocenters. The Morgan fingerprint density at radius 3 is 2.61 bits per heavy atom. The zero-order valence-corrected chi connectivity index (χ0v) is 13.3. The zero-order chi connectivity index (χ0) is 15.9. The van der Waals surface area contributed by atoms with Crippen molar-refractivity contribution in [2.45, 2.75) is 6.42 Å². The Morgan fingerprint density at radius 1 is 1.04 bits per heavy atom. The van der Waals surface area contributed by atoms with Crippen molar-refractivity contribution in [1.29, 1.82) is 0 Å². The van der Waals surface area contributed by atoms with Crippen LogP contribution in [0, 0.1) is 0 Å². The quantitative estimate of drug-likeness (QED) is 0.719. The number of rotatable bonds is 6. The molecule has 2 aromatic heterocycles. The molecule has 0 aliphatic rings. The van der Waals surface area contributed by atoms with Gasteiger partial charge in [0.2, 0.25) is 0 Å². The summed E-state index contributed by atoms with van der Waals surface area (Å²) in [6.07, 6.45) is 2.69. The molecule has 0 radical (unpaired) electrons. The van der Waals surface area contributed by atoms with E-state index >= 15 is 0 Å². The molecule has 3 aromatic rings. The molecular weight excluding hydrogens is 306 g/mol. The predicted molar refractivity (Wildman–Crippen MR) is 95.1 cm³/mol. The molecule has 116 valence electrons. The van der Waals surface area contributed by atoms with Crippen LogP contribution in [0.3, 0.4) is 0 Å². The van der Waals surface area contributed by atoms with Crippen molar-refractivity contribution >= 4 is 28.7 Å². The fourth-order valence-electron chi connectivity index (χ4n) is 2.15. The topological polar surface area (TPSA) is 54.0 Å². The van der Waals surface area contributed by atoms with Gasteiger partial charge < -0.3 is 10.6 Å². The molecule has 0 aliphatic carbocycles. The molecule has 2 heterocycles. The van der Waals surface area contributed by atoms with Crippen molar-refractivity contribution in [2.75, 3.05) is 17.2 Å². The standard InChI is InChI=1S/C18H17N3OS/c22-18(16-7-4-12-23-16)21-17-9-8-15(13-20-17)19-11-10-14-5-2-1-3-6-14/h1-9,12-13,19H,10-11H2,(H,20,21,22). The van der Waals surface area contributed by atoms with Gasteiger partial charge in [0.1, 0.15) is 5.82 Å². The first-order valence-corrected chi connectivity index (χ1v) is 8.28. The van der Waals surface area contributed by atoms with E-state index in [2.05, 4.69) is 27.8 Å². The number of benzene rings is 1. The van der Waals surface area contributed by atoms with E-state index in [0.717, 1.165) is 18.7 Å². The van der Waals surface area contributed by atoms with Crippen LogP contribution in [-0.2, 0) is 6.42 Å². The van der Waals surface area contributed by atoms with E-state index in [9.17, 15) is 4.79 Å². The van der Waals surface area contributed by atoms with Crippen LogP contribution >= 0.6 is 11.3 Å². The molecule has 1 amide bonds. The molecule has 4 nitrogen and oxygen atoms in total. The lowest BCUT2D eigenvalue weighted by Crippen LogP contribution is -2.11. The van der Waals surface area contributed by atoms with Crippen LogP contribution in [0.2, 0.25) is 0 Å². The number of carbonyl (C=O) groups is 1. The first kappa shape index (κ1) is 15.2. The van der Waals surface area contributed by atoms with E-state index in [4.69, 9.17) is 0 Å². The Morgan fingerprint density at radius 2 is 1.91 bits per heavy atom. The van der Waals surface area contributed by atoms with E-state index in [1.807, 2.05) is 35.7 Å². The van der Waals surface area contributed by atoms with E-state index in [0.29, 0.717) is 10.7 Å². The number of amides is 1. The number of hydrogen-bond donors (Lipinski definition) is 2. The lowest BCUT2D eigenvalue weighted by Gasteiger charge is -2.07. The average molecular weight is 323 g/mol. The van der Waals surface area contributed by atoms with Gasteiger partial charge in [-0.1, -0.05) is 36.4 Å². The maximum absolute atomic E-state index is 11.9. The van der Waals surface area contributed by atoms with E-state index in [1.54, 1.807) is 18.3 Å². The molecule has 0 unspecified atom stereocenters. The van der Waals surface area contributed by atoms with Crippen molar-refractivity contribution in [1.82, 2.24) is 4.98 Å². The monoisotopic (exact) mass is 323 g/mol. The van der Waals surface area contributed by atoms with Crippen LogP contribution in [-0.4, -0.2) is 17.4 Å². The van der Waals surface area contributed by atoms with E-state index in [-0.39, 0.29) is 5.91 Å². The van der Waals surface area contributed by atoms with E-state index in [1.165, 1.54) is 16.9 Å². The molecule has 5 heteroatoms. The molecule has 0 fully saturated rings. The van der Waals surface area contributed by atoms with Crippen molar-refractivity contribution in [2.24, 2.45) is 0 Å². The Labute approximate surface area is 139 Å². The van der Waals surface area contributed by atoms with Crippen LogP contribution in [0.15, 0.2) is 66.2 Å². The average Bonchev–Trinajstić information content (AvgIpc) is 3.12. The number of carbonyl (C=O) groups excluding carboxylic acids is 1. The number of nitrogens with one attached hydrogen (secondary N) is 2. The van der Waals surface area contributed by atoms with Crippen molar-refractivity contribution in [3.8, 4) is 0 Å². The molecule has 0 spiro atoms. The summed E-state index contributed by atoms with van der Waals surface area (Å²) in [6, 6.07) is 17.7. The molecule has 0 saturated heterocycles. The summed E-state index contributed by atoms with van der Waals surface area (Å²) in [6.45, 7) is 0.840. The van der Waals surface area contributed by atoms with Crippen LogP contribution < -0.4 is 10.6 Å². The molecular formula is C18H17N3OS. The Bertz CT molecular complexity index is 740. The van der Waals surface area contributed by atoms with Gasteiger partial charge in [-0.25, -0.2) is 4.98 Å². The summed E-state index contributed by atoms with van der Waals surface area (Å²) < 4.78 is 0. The second kappa shape index (κ2) is 7.56. The van der Waals surface area contributed by atoms with Gasteiger partial charge in [-0.3, -0.25) is 4.79 Å². The van der Waals surface area contributed by atoms with Crippen LogP contribution in [0.4, 0.5) is 11.5 Å². The third kappa shape index (κ3) is 4.40. The largest absolute Gasteiger partial charge is 0.383 e. The Balaban J connectivity index is 1.50. The molecule has 3 rings (SSSR count). The first-order valence-electron chi connectivity index (χ1n) is 7.40. The molecule has 2 N–H and O–H groups in total. The number of aromatic nitrogens is 1. The number of hydrogen-bond acceptors (Lipinski definition) is 4. The van der Waals surface area contributed by atoms with Crippen molar-refractivity contribution < 1.29 is 4.79 Å². The highest BCUT2D eigenvalue weighted by atomic mass is 32.1. The molecule has 23 heavy (non-hydrogen) atoms. The number of pyridine rings is 1. The fraction of sp³-hybridized carbons (Fsp3) is 0.111. The minimum Gasteiger partial charge on any atom is -0.383 e. The second-order valence-electron chi connectivity index (χ2n) is 5.03. The lowest BCUT2D eigenvalue weighted by atomic mass is 10.1. The summed E-state index contributed by atoms with van der Waals surface area (Å²) in [5.74, 6) is 0.425. The molecule has 1 aromatic carbocycles. The highest BCUT2D eigenvalue weighted by Gasteiger charge is 2.07. The summed E-state index contributed by atoms with van der Waals surface area (Å²) >= 11 is 1.41. The SMILES string of the molecule is O=C(Nc1ccc(NCCc2ccccc2)cn1)c1cccs1. The number of nitrogens with zero attached hydrogens (tertiary/aromatic N) is 1. The van der Waals surface area contributed by atoms with Crippen molar-refractivity contribution in [3.63, 3.8) is 0 Å². The van der Waals surface area contributed by atoms with Gasteiger partial charge >= 0.3 is 0 Å². The highest BCUT2D eigenvalue weighted by Crippen LogP contribution is 2.13. The number of anilines is 2. The minimum absolute atomic E-state index is 0.128. The fourth-order valence-corrected chi connectivity index (χ4v) is 2.77. The summed E-state index contributed by atoms with van der Waals surface area (Å²) in [5, 5.41) is 7.99. The summed E-state index contributed by atoms with van der Waals surface area (Å²) in [4.78, 5) is 16.9. The first-order chi connectivity index (χ1) is 11.3. The summed E-state index contributed by atoms with van der Waals surface area (Å²) in [7, 11) is 0. The van der Waals surface area contributed by atoms with Gasteiger partial charge in [-0.2, -0.15) is 0 Å². The molecule has 0 saturated carbocycles. The van der Waals surface area contributed by atoms with Crippen LogP contribution in [0.5, 0.6) is 0 Å². The van der Waals surface area contributed by atoms with E-state index < -0.39 is 0 Å². The molecule has 0 aliphatic heterocycles. The Hall–Kier alpha value is -2.66. The number of thiophene rings is 1. The summed E-state index contributed by atoms with van der Waals surface area (Å²) in [5.41, 5.74) is 2.24. The zero-order valence-electron chi connectivity index (χ0n) is 12.5. The highest BCUT2D eigenvalue weighted by molar-refractivity contribution is 7.12. The van der Waals surface area contributed by atoms with Gasteiger partial charge in [-0.15, -0.1) is 11.3 Å². The van der Waals surface area contributed by atoms with Gasteiger partial charge in [-0.05, 0) is 35.6 Å². The van der Waals surface area contributed by atoms with Gasteiger partial charge in [0.15, 0.2) is 0 Å². The second-order valence-corrected chi connectivity index (χ2v) is 5.97. The van der Waals surface area contributed by atoms with Crippen LogP contribution in [0.1, 0.15) is 15.2 Å². The van der Waals surface area contributed by atoms with Crippen LogP contribution in [0.25, 0.3) is 0 Å². The Kier molecular flexibility index (Phi) is 5.01. The third-order valence-corrected chi connectivity index (χ3v) is 4.20. The predicted octanol–water partition coefficient (Wildman–Crippen LogP) is 4.05. The minimum atomic E-state index is -0.128. The lowest BCUT2D eigenvalue weighted by molar-refractivity contribution is 0.103. The maximum atomic E-state index is 11.9. The van der Waals surface area contributed by atoms with Gasteiger partial charge in [0.25, 0.3) is 5.91 Å².